The van der Waals surface area contributed by atoms with Gasteiger partial charge in [0.15, 0.2) is 0 Å². The lowest BCUT2D eigenvalue weighted by molar-refractivity contribution is -0.140. The summed E-state index contributed by atoms with van der Waals surface area (Å²) in [6, 6.07) is 17.7. The minimum atomic E-state index is -3.64. The number of nitrogens with one attached hydrogen (secondary N) is 1. The maximum Gasteiger partial charge on any atom is 0.242 e. The molecule has 2 aromatic rings. The van der Waals surface area contributed by atoms with E-state index in [9.17, 15) is 18.0 Å². The average Bonchev–Trinajstić information content (AvgIpc) is 2.72. The van der Waals surface area contributed by atoms with Crippen LogP contribution in [-0.2, 0) is 32.7 Å². The molecule has 0 aliphatic carbocycles. The van der Waals surface area contributed by atoms with Gasteiger partial charge in [-0.1, -0.05) is 60.7 Å². The van der Waals surface area contributed by atoms with Crippen LogP contribution >= 0.6 is 0 Å². The van der Waals surface area contributed by atoms with Gasteiger partial charge in [0.1, 0.15) is 6.04 Å². The van der Waals surface area contributed by atoms with Crippen LogP contribution in [0.3, 0.4) is 0 Å². The van der Waals surface area contributed by atoms with Crippen molar-refractivity contribution in [3.63, 3.8) is 0 Å². The first kappa shape index (κ1) is 23.6. The fourth-order valence-corrected chi connectivity index (χ4v) is 3.73. The second-order valence-electron chi connectivity index (χ2n) is 7.09. The molecule has 30 heavy (non-hydrogen) atoms. The molecule has 1 atom stereocenters. The Bertz CT molecular complexity index is 933. The minimum Gasteiger partial charge on any atom is -0.355 e. The Balaban J connectivity index is 2.26. The molecular formula is C22H29N3O4S. The summed E-state index contributed by atoms with van der Waals surface area (Å²) in [4.78, 5) is 27.0. The number of carbonyl (C=O) groups is 2. The Labute approximate surface area is 178 Å². The molecule has 0 fully saturated rings. The van der Waals surface area contributed by atoms with Crippen molar-refractivity contribution in [3.8, 4) is 0 Å². The van der Waals surface area contributed by atoms with Gasteiger partial charge in [0.25, 0.3) is 0 Å². The molecule has 0 saturated heterocycles. The summed E-state index contributed by atoms with van der Waals surface area (Å²) in [5.74, 6) is -0.713. The van der Waals surface area contributed by atoms with Crippen molar-refractivity contribution >= 4 is 21.8 Å². The summed E-state index contributed by atoms with van der Waals surface area (Å²) in [5, 5.41) is 2.73. The van der Waals surface area contributed by atoms with Crippen molar-refractivity contribution in [3.05, 3.63) is 71.8 Å². The molecule has 2 aromatic carbocycles. The zero-order valence-corrected chi connectivity index (χ0v) is 18.4. The SMILES string of the molecule is CCNC(=O)[C@H](C)N(Cc1ccccc1)C(=O)CN(Cc1ccccc1)S(C)(=O)=O. The molecule has 162 valence electrons. The topological polar surface area (TPSA) is 86.8 Å². The third-order valence-electron chi connectivity index (χ3n) is 4.70. The number of likely N-dealkylation sites (N-methyl/N-ethyl adjacent to an activating group) is 1. The first-order valence-electron chi connectivity index (χ1n) is 9.82. The van der Waals surface area contributed by atoms with Gasteiger partial charge in [-0.2, -0.15) is 4.31 Å². The van der Waals surface area contributed by atoms with Crippen molar-refractivity contribution in [2.24, 2.45) is 0 Å². The van der Waals surface area contributed by atoms with Crippen molar-refractivity contribution in [1.82, 2.24) is 14.5 Å². The van der Waals surface area contributed by atoms with Gasteiger partial charge in [0.05, 0.1) is 12.8 Å². The van der Waals surface area contributed by atoms with Crippen LogP contribution in [0.4, 0.5) is 0 Å². The quantitative estimate of drug-likeness (QED) is 0.623. The highest BCUT2D eigenvalue weighted by molar-refractivity contribution is 7.88. The molecule has 0 bridgehead atoms. The fraction of sp³-hybridized carbons (Fsp3) is 0.364. The Morgan fingerprint density at radius 2 is 1.43 bits per heavy atom. The van der Waals surface area contributed by atoms with Gasteiger partial charge in [-0.05, 0) is 25.0 Å². The number of hydrogen-bond acceptors (Lipinski definition) is 4. The molecule has 0 radical (unpaired) electrons. The minimum absolute atomic E-state index is 0.0835. The first-order valence-corrected chi connectivity index (χ1v) is 11.7. The van der Waals surface area contributed by atoms with Crippen molar-refractivity contribution in [2.75, 3.05) is 19.3 Å². The predicted molar refractivity (Wildman–Crippen MR) is 117 cm³/mol. The third-order valence-corrected chi connectivity index (χ3v) is 5.89. The largest absolute Gasteiger partial charge is 0.355 e. The van der Waals surface area contributed by atoms with Crippen LogP contribution < -0.4 is 5.32 Å². The van der Waals surface area contributed by atoms with Gasteiger partial charge in [-0.15, -0.1) is 0 Å². The standard InChI is InChI=1S/C22H29N3O4S/c1-4-23-22(27)18(2)25(16-20-13-9-6-10-14-20)21(26)17-24(30(3,28)29)15-19-11-7-5-8-12-19/h5-14,18H,4,15-17H2,1-3H3,(H,23,27)/t18-/m0/s1. The summed E-state index contributed by atoms with van der Waals surface area (Å²) in [6.07, 6.45) is 1.08. The summed E-state index contributed by atoms with van der Waals surface area (Å²) < 4.78 is 25.8. The molecular weight excluding hydrogens is 402 g/mol. The lowest BCUT2D eigenvalue weighted by atomic mass is 10.1. The molecule has 0 spiro atoms. The number of sulfonamides is 1. The van der Waals surface area contributed by atoms with E-state index in [1.165, 1.54) is 4.90 Å². The zero-order valence-electron chi connectivity index (χ0n) is 17.6. The molecule has 8 heteroatoms. The second kappa shape index (κ2) is 10.9. The van der Waals surface area contributed by atoms with E-state index in [0.717, 1.165) is 21.7 Å². The Morgan fingerprint density at radius 1 is 0.933 bits per heavy atom. The molecule has 1 N–H and O–H groups in total. The number of nitrogens with zero attached hydrogens (tertiary/aromatic N) is 2. The average molecular weight is 432 g/mol. The van der Waals surface area contributed by atoms with Crippen LogP contribution in [0.5, 0.6) is 0 Å². The van der Waals surface area contributed by atoms with E-state index in [2.05, 4.69) is 5.32 Å². The van der Waals surface area contributed by atoms with E-state index in [4.69, 9.17) is 0 Å². The van der Waals surface area contributed by atoms with Crippen LogP contribution in [0.1, 0.15) is 25.0 Å². The third kappa shape index (κ3) is 6.96. The van der Waals surface area contributed by atoms with E-state index in [1.54, 1.807) is 13.8 Å². The molecule has 0 aliphatic heterocycles. The normalized spacial score (nSPS) is 12.4. The van der Waals surface area contributed by atoms with Gasteiger partial charge in [0, 0.05) is 19.6 Å². The summed E-state index contributed by atoms with van der Waals surface area (Å²) in [6.45, 7) is 3.85. The van der Waals surface area contributed by atoms with E-state index >= 15 is 0 Å². The van der Waals surface area contributed by atoms with Crippen LogP contribution in [-0.4, -0.2) is 54.8 Å². The summed E-state index contributed by atoms with van der Waals surface area (Å²) in [5.41, 5.74) is 1.64. The number of rotatable bonds is 10. The van der Waals surface area contributed by atoms with Crippen LogP contribution in [0, 0.1) is 0 Å². The number of benzene rings is 2. The van der Waals surface area contributed by atoms with E-state index in [1.807, 2.05) is 60.7 Å². The van der Waals surface area contributed by atoms with Gasteiger partial charge >= 0.3 is 0 Å². The molecule has 0 heterocycles. The number of amides is 2. The van der Waals surface area contributed by atoms with Crippen LogP contribution in [0.2, 0.25) is 0 Å². The monoisotopic (exact) mass is 431 g/mol. The van der Waals surface area contributed by atoms with Crippen LogP contribution in [0.15, 0.2) is 60.7 Å². The molecule has 2 rings (SSSR count). The van der Waals surface area contributed by atoms with Gasteiger partial charge < -0.3 is 10.2 Å². The second-order valence-corrected chi connectivity index (χ2v) is 9.08. The molecule has 0 saturated carbocycles. The first-order chi connectivity index (χ1) is 14.2. The fourth-order valence-electron chi connectivity index (χ4n) is 3.00. The van der Waals surface area contributed by atoms with Crippen molar-refractivity contribution in [1.29, 1.82) is 0 Å². The highest BCUT2D eigenvalue weighted by Crippen LogP contribution is 2.13. The van der Waals surface area contributed by atoms with Crippen molar-refractivity contribution < 1.29 is 18.0 Å². The maximum atomic E-state index is 13.2. The van der Waals surface area contributed by atoms with E-state index < -0.39 is 22.0 Å². The summed E-state index contributed by atoms with van der Waals surface area (Å²) >= 11 is 0. The molecule has 0 unspecified atom stereocenters. The van der Waals surface area contributed by atoms with E-state index in [-0.39, 0.29) is 25.5 Å². The zero-order chi connectivity index (χ0) is 22.1. The van der Waals surface area contributed by atoms with Gasteiger partial charge in [-0.3, -0.25) is 9.59 Å². The molecule has 2 amide bonds. The van der Waals surface area contributed by atoms with E-state index in [0.29, 0.717) is 6.54 Å². The highest BCUT2D eigenvalue weighted by Gasteiger charge is 2.29. The Morgan fingerprint density at radius 3 is 1.90 bits per heavy atom. The predicted octanol–water partition coefficient (Wildman–Crippen LogP) is 2.00. The molecule has 7 nitrogen and oxygen atoms in total. The van der Waals surface area contributed by atoms with Crippen molar-refractivity contribution in [2.45, 2.75) is 33.0 Å². The van der Waals surface area contributed by atoms with Gasteiger partial charge in [-0.25, -0.2) is 8.42 Å². The Kier molecular flexibility index (Phi) is 8.56. The highest BCUT2D eigenvalue weighted by atomic mass is 32.2. The van der Waals surface area contributed by atoms with Crippen LogP contribution in [0.25, 0.3) is 0 Å². The van der Waals surface area contributed by atoms with Gasteiger partial charge in [0.2, 0.25) is 21.8 Å². The number of carbonyl (C=O) groups excluding carboxylic acids is 2. The maximum absolute atomic E-state index is 13.2. The lowest BCUT2D eigenvalue weighted by Gasteiger charge is -2.30. The Hall–Kier alpha value is -2.71. The summed E-state index contributed by atoms with van der Waals surface area (Å²) in [7, 11) is -3.64. The molecule has 0 aliphatic rings. The number of hydrogen-bond donors (Lipinski definition) is 1. The smallest absolute Gasteiger partial charge is 0.242 e. The lowest BCUT2D eigenvalue weighted by Crippen LogP contribution is -2.50. The molecule has 0 aromatic heterocycles.